The van der Waals surface area contributed by atoms with Gasteiger partial charge in [-0.15, -0.1) is 11.3 Å². The first kappa shape index (κ1) is 19.0. The van der Waals surface area contributed by atoms with Crippen LogP contribution in [-0.2, 0) is 16.3 Å². The summed E-state index contributed by atoms with van der Waals surface area (Å²) in [6.45, 7) is 0. The molecule has 0 radical (unpaired) electrons. The molecule has 2 nitrogen and oxygen atoms in total. The van der Waals surface area contributed by atoms with Gasteiger partial charge in [0.2, 0.25) is 0 Å². The lowest BCUT2D eigenvalue weighted by molar-refractivity contribution is 0.552. The van der Waals surface area contributed by atoms with Gasteiger partial charge in [0.25, 0.3) is 0 Å². The first-order valence-corrected chi connectivity index (χ1v) is 10.6. The first-order chi connectivity index (χ1) is 12.4. The number of benzene rings is 2. The highest BCUT2D eigenvalue weighted by Crippen LogP contribution is 2.35. The Hall–Kier alpha value is -1.76. The van der Waals surface area contributed by atoms with Crippen LogP contribution in [0.5, 0.6) is 0 Å². The molecule has 3 aromatic rings. The second-order valence-electron chi connectivity index (χ2n) is 5.77. The number of thiophene rings is 1. The first-order valence-electron chi connectivity index (χ1n) is 7.85. The zero-order valence-corrected chi connectivity index (χ0v) is 15.9. The van der Waals surface area contributed by atoms with Crippen LogP contribution in [0.4, 0.5) is 8.78 Å². The average molecular weight is 413 g/mol. The Bertz CT molecular complexity index is 985. The van der Waals surface area contributed by atoms with Crippen molar-refractivity contribution in [2.75, 3.05) is 0 Å². The van der Waals surface area contributed by atoms with Gasteiger partial charge < -0.3 is 0 Å². The topological polar surface area (TPSA) is 34.1 Å². The Morgan fingerprint density at radius 2 is 1.77 bits per heavy atom. The third kappa shape index (κ3) is 4.14. The largest absolute Gasteiger partial charge is 0.223 e. The lowest BCUT2D eigenvalue weighted by Gasteiger charge is -2.19. The van der Waals surface area contributed by atoms with Crippen molar-refractivity contribution >= 4 is 32.8 Å². The van der Waals surface area contributed by atoms with E-state index in [9.17, 15) is 17.2 Å². The standard InChI is InChI=1S/C19H15ClF2O2S2/c20-13-3-7-16(8-4-13)26(23,24)19(10-6-15-2-1-11-25-15)17-12-14(21)5-9-18(17)22/h1-5,7-9,11-12,19H,6,10H2. The average Bonchev–Trinajstić information content (AvgIpc) is 3.12. The summed E-state index contributed by atoms with van der Waals surface area (Å²) in [5.41, 5.74) is -0.156. The summed E-state index contributed by atoms with van der Waals surface area (Å²) in [5.74, 6) is -1.41. The van der Waals surface area contributed by atoms with Crippen LogP contribution in [0, 0.1) is 11.6 Å². The molecule has 0 aliphatic heterocycles. The van der Waals surface area contributed by atoms with Crippen LogP contribution >= 0.6 is 22.9 Å². The maximum Gasteiger partial charge on any atom is 0.185 e. The minimum Gasteiger partial charge on any atom is -0.223 e. The Labute approximate surface area is 160 Å². The number of halogens is 3. The van der Waals surface area contributed by atoms with E-state index in [4.69, 9.17) is 11.6 Å². The van der Waals surface area contributed by atoms with Crippen molar-refractivity contribution < 1.29 is 17.2 Å². The summed E-state index contributed by atoms with van der Waals surface area (Å²) in [6, 6.07) is 12.3. The normalized spacial score (nSPS) is 12.9. The van der Waals surface area contributed by atoms with Crippen molar-refractivity contribution in [2.24, 2.45) is 0 Å². The third-order valence-corrected chi connectivity index (χ3v) is 7.41. The number of aryl methyl sites for hydroxylation is 1. The van der Waals surface area contributed by atoms with Gasteiger partial charge in [-0.25, -0.2) is 17.2 Å². The van der Waals surface area contributed by atoms with Gasteiger partial charge in [0, 0.05) is 15.5 Å². The molecule has 0 saturated carbocycles. The van der Waals surface area contributed by atoms with Gasteiger partial charge in [0.15, 0.2) is 9.84 Å². The molecule has 1 heterocycles. The summed E-state index contributed by atoms with van der Waals surface area (Å²) < 4.78 is 54.3. The van der Waals surface area contributed by atoms with Gasteiger partial charge >= 0.3 is 0 Å². The molecule has 0 aliphatic rings. The summed E-state index contributed by atoms with van der Waals surface area (Å²) in [5, 5.41) is 1.10. The zero-order chi connectivity index (χ0) is 18.7. The summed E-state index contributed by atoms with van der Waals surface area (Å²) >= 11 is 7.33. The summed E-state index contributed by atoms with van der Waals surface area (Å²) in [4.78, 5) is 1.01. The molecule has 1 aromatic heterocycles. The van der Waals surface area contributed by atoms with Gasteiger partial charge in [-0.1, -0.05) is 17.7 Å². The molecule has 26 heavy (non-hydrogen) atoms. The fourth-order valence-electron chi connectivity index (χ4n) is 2.76. The Morgan fingerprint density at radius 3 is 2.42 bits per heavy atom. The van der Waals surface area contributed by atoms with E-state index in [0.29, 0.717) is 11.4 Å². The van der Waals surface area contributed by atoms with Crippen molar-refractivity contribution in [1.29, 1.82) is 0 Å². The maximum absolute atomic E-state index is 14.3. The molecule has 1 atom stereocenters. The zero-order valence-electron chi connectivity index (χ0n) is 13.5. The molecule has 0 aliphatic carbocycles. The number of hydrogen-bond acceptors (Lipinski definition) is 3. The highest BCUT2D eigenvalue weighted by molar-refractivity contribution is 7.91. The quantitative estimate of drug-likeness (QED) is 0.510. The molecule has 2 aromatic carbocycles. The van der Waals surface area contributed by atoms with Crippen LogP contribution in [0.2, 0.25) is 5.02 Å². The smallest absolute Gasteiger partial charge is 0.185 e. The second kappa shape index (κ2) is 7.86. The molecule has 0 saturated heterocycles. The summed E-state index contributed by atoms with van der Waals surface area (Å²) in [6.07, 6.45) is 0.594. The predicted molar refractivity (Wildman–Crippen MR) is 100 cm³/mol. The van der Waals surface area contributed by atoms with Crippen molar-refractivity contribution in [3.8, 4) is 0 Å². The lowest BCUT2D eigenvalue weighted by Crippen LogP contribution is -2.16. The number of hydrogen-bond donors (Lipinski definition) is 0. The maximum atomic E-state index is 14.3. The van der Waals surface area contributed by atoms with E-state index in [-0.39, 0.29) is 16.9 Å². The number of rotatable bonds is 6. The number of sulfone groups is 1. The third-order valence-electron chi connectivity index (χ3n) is 4.05. The van der Waals surface area contributed by atoms with E-state index in [1.165, 1.54) is 35.6 Å². The monoisotopic (exact) mass is 412 g/mol. The Balaban J connectivity index is 2.04. The molecule has 7 heteroatoms. The van der Waals surface area contributed by atoms with E-state index in [2.05, 4.69) is 0 Å². The minimum atomic E-state index is -3.92. The van der Waals surface area contributed by atoms with Crippen LogP contribution in [0.15, 0.2) is 64.9 Å². The highest BCUT2D eigenvalue weighted by Gasteiger charge is 2.31. The van der Waals surface area contributed by atoms with Gasteiger partial charge in [-0.2, -0.15) is 0 Å². The van der Waals surface area contributed by atoms with Gasteiger partial charge in [0.1, 0.15) is 11.6 Å². The molecule has 136 valence electrons. The molecule has 0 fully saturated rings. The molecule has 0 N–H and O–H groups in total. The van der Waals surface area contributed by atoms with Crippen molar-refractivity contribution in [3.05, 3.63) is 87.1 Å². The van der Waals surface area contributed by atoms with Crippen LogP contribution < -0.4 is 0 Å². The fraction of sp³-hybridized carbons (Fsp3) is 0.158. The second-order valence-corrected chi connectivity index (χ2v) is 9.37. The van der Waals surface area contributed by atoms with Crippen LogP contribution in [0.3, 0.4) is 0 Å². The molecular weight excluding hydrogens is 398 g/mol. The Kier molecular flexibility index (Phi) is 5.75. The van der Waals surface area contributed by atoms with E-state index >= 15 is 0 Å². The van der Waals surface area contributed by atoms with Crippen LogP contribution in [0.25, 0.3) is 0 Å². The van der Waals surface area contributed by atoms with Crippen molar-refractivity contribution in [3.63, 3.8) is 0 Å². The minimum absolute atomic E-state index is 0.0294. The Morgan fingerprint density at radius 1 is 1.04 bits per heavy atom. The predicted octanol–water partition coefficient (Wildman–Crippen LogP) is 5.83. The highest BCUT2D eigenvalue weighted by atomic mass is 35.5. The molecule has 0 bridgehead atoms. The SMILES string of the molecule is O=S(=O)(c1ccc(Cl)cc1)C(CCc1cccs1)c1cc(F)ccc1F. The van der Waals surface area contributed by atoms with Gasteiger partial charge in [0.05, 0.1) is 10.1 Å². The van der Waals surface area contributed by atoms with Crippen LogP contribution in [-0.4, -0.2) is 8.42 Å². The van der Waals surface area contributed by atoms with Gasteiger partial charge in [-0.05, 0) is 66.8 Å². The summed E-state index contributed by atoms with van der Waals surface area (Å²) in [7, 11) is -3.92. The van der Waals surface area contributed by atoms with Crippen molar-refractivity contribution in [1.82, 2.24) is 0 Å². The van der Waals surface area contributed by atoms with E-state index in [1.54, 1.807) is 0 Å². The van der Waals surface area contributed by atoms with Gasteiger partial charge in [-0.3, -0.25) is 0 Å². The molecule has 1 unspecified atom stereocenters. The molecule has 0 spiro atoms. The lowest BCUT2D eigenvalue weighted by atomic mass is 10.1. The van der Waals surface area contributed by atoms with Crippen molar-refractivity contribution in [2.45, 2.75) is 23.0 Å². The van der Waals surface area contributed by atoms with E-state index in [0.717, 1.165) is 23.1 Å². The fourth-order valence-corrected chi connectivity index (χ4v) is 5.39. The van der Waals surface area contributed by atoms with E-state index < -0.39 is 26.7 Å². The molecule has 3 rings (SSSR count). The van der Waals surface area contributed by atoms with Crippen LogP contribution in [0.1, 0.15) is 22.1 Å². The van der Waals surface area contributed by atoms with E-state index in [1.807, 2.05) is 17.5 Å². The molecule has 0 amide bonds. The molecular formula is C19H15ClF2O2S2.